The SMILES string of the molecule is CC(C)(C(=O)c1ccc(C(=O)NS(=O)(=O)c2ccc(Cl)cc2)cc1)[C@H]([NH])C=O. The van der Waals surface area contributed by atoms with Crippen LogP contribution < -0.4 is 10.5 Å². The normalized spacial score (nSPS) is 12.9. The van der Waals surface area contributed by atoms with Gasteiger partial charge in [-0.05, 0) is 36.4 Å². The number of Topliss-reactive ketones (excluding diaryl/α,β-unsaturated/α-hetero) is 1. The van der Waals surface area contributed by atoms with Crippen molar-refractivity contribution in [3.8, 4) is 0 Å². The largest absolute Gasteiger partial charge is 0.302 e. The molecular formula is C19H18ClN2O5S. The molecule has 0 spiro atoms. The quantitative estimate of drug-likeness (QED) is 0.543. The monoisotopic (exact) mass is 421 g/mol. The summed E-state index contributed by atoms with van der Waals surface area (Å²) in [6, 6.07) is 9.40. The van der Waals surface area contributed by atoms with Crippen LogP contribution in [0, 0.1) is 5.41 Å². The highest BCUT2D eigenvalue weighted by Crippen LogP contribution is 2.25. The Bertz CT molecular complexity index is 1000. The maximum Gasteiger partial charge on any atom is 0.264 e. The molecule has 2 aromatic rings. The average molecular weight is 422 g/mol. The summed E-state index contributed by atoms with van der Waals surface area (Å²) in [4.78, 5) is 35.5. The number of amides is 1. The zero-order chi connectivity index (χ0) is 21.1. The molecule has 0 saturated carbocycles. The number of hydrogen-bond acceptors (Lipinski definition) is 5. The average Bonchev–Trinajstić information content (AvgIpc) is 2.66. The van der Waals surface area contributed by atoms with Gasteiger partial charge in [0, 0.05) is 16.1 Å². The molecule has 1 atom stereocenters. The fraction of sp³-hybridized carbons (Fsp3) is 0.211. The Morgan fingerprint density at radius 3 is 2.04 bits per heavy atom. The van der Waals surface area contributed by atoms with E-state index in [1.807, 2.05) is 4.72 Å². The minimum atomic E-state index is -4.08. The lowest BCUT2D eigenvalue weighted by Crippen LogP contribution is -2.39. The Morgan fingerprint density at radius 2 is 1.54 bits per heavy atom. The van der Waals surface area contributed by atoms with Gasteiger partial charge in [0.1, 0.15) is 6.29 Å². The van der Waals surface area contributed by atoms with Crippen LogP contribution in [0.2, 0.25) is 5.02 Å². The summed E-state index contributed by atoms with van der Waals surface area (Å²) in [5, 5.41) is 0.359. The van der Waals surface area contributed by atoms with Gasteiger partial charge in [-0.15, -0.1) is 0 Å². The number of nitrogens with one attached hydrogen (secondary N) is 2. The van der Waals surface area contributed by atoms with Crippen molar-refractivity contribution < 1.29 is 22.8 Å². The summed E-state index contributed by atoms with van der Waals surface area (Å²) in [7, 11) is -4.08. The standard InChI is InChI=1S/C19H18ClN2O5S/c1-19(2,16(21)11-23)17(24)12-3-5-13(6-4-12)18(25)22-28(26,27)15-9-7-14(20)8-10-15/h3-11,16,21H,1-2H3,(H,22,25)/t16-/m1/s1. The van der Waals surface area contributed by atoms with Crippen molar-refractivity contribution >= 4 is 39.6 Å². The van der Waals surface area contributed by atoms with Crippen molar-refractivity contribution in [2.75, 3.05) is 0 Å². The topological polar surface area (TPSA) is 121 Å². The van der Waals surface area contributed by atoms with E-state index in [1.165, 1.54) is 62.4 Å². The van der Waals surface area contributed by atoms with E-state index < -0.39 is 33.2 Å². The Morgan fingerprint density at radius 1 is 1.04 bits per heavy atom. The minimum Gasteiger partial charge on any atom is -0.302 e. The van der Waals surface area contributed by atoms with E-state index in [-0.39, 0.29) is 16.0 Å². The van der Waals surface area contributed by atoms with Gasteiger partial charge in [0.05, 0.1) is 16.4 Å². The summed E-state index contributed by atoms with van der Waals surface area (Å²) >= 11 is 5.72. The molecule has 2 N–H and O–H groups in total. The fourth-order valence-electron chi connectivity index (χ4n) is 2.31. The molecule has 2 aromatic carbocycles. The number of benzene rings is 2. The number of halogens is 1. The first-order chi connectivity index (χ1) is 13.0. The van der Waals surface area contributed by atoms with Crippen LogP contribution in [-0.4, -0.2) is 32.4 Å². The van der Waals surface area contributed by atoms with Crippen LogP contribution in [-0.2, 0) is 14.8 Å². The van der Waals surface area contributed by atoms with Crippen molar-refractivity contribution in [1.29, 1.82) is 0 Å². The molecule has 147 valence electrons. The first-order valence-electron chi connectivity index (χ1n) is 8.13. The molecule has 0 saturated heterocycles. The second-order valence-corrected chi connectivity index (χ2v) is 8.75. The van der Waals surface area contributed by atoms with Gasteiger partial charge in [-0.2, -0.15) is 0 Å². The van der Waals surface area contributed by atoms with E-state index in [4.69, 9.17) is 17.3 Å². The van der Waals surface area contributed by atoms with Crippen LogP contribution in [0.3, 0.4) is 0 Å². The van der Waals surface area contributed by atoms with Crippen LogP contribution in [0.15, 0.2) is 53.4 Å². The number of carbonyl (C=O) groups excluding carboxylic acids is 3. The molecule has 0 aliphatic carbocycles. The smallest absolute Gasteiger partial charge is 0.264 e. The fourth-order valence-corrected chi connectivity index (χ4v) is 3.41. The summed E-state index contributed by atoms with van der Waals surface area (Å²) < 4.78 is 26.5. The predicted octanol–water partition coefficient (Wildman–Crippen LogP) is 2.52. The minimum absolute atomic E-state index is 0.0321. The first-order valence-corrected chi connectivity index (χ1v) is 9.99. The lowest BCUT2D eigenvalue weighted by molar-refractivity contribution is -0.110. The molecule has 0 aliphatic rings. The van der Waals surface area contributed by atoms with Gasteiger partial charge < -0.3 is 4.79 Å². The lowest BCUT2D eigenvalue weighted by atomic mass is 9.78. The Balaban J connectivity index is 2.19. The summed E-state index contributed by atoms with van der Waals surface area (Å²) in [6.07, 6.45) is 0.390. The van der Waals surface area contributed by atoms with Crippen molar-refractivity contribution in [2.45, 2.75) is 24.8 Å². The highest BCUT2D eigenvalue weighted by molar-refractivity contribution is 7.90. The van der Waals surface area contributed by atoms with Crippen LogP contribution in [0.4, 0.5) is 0 Å². The Hall–Kier alpha value is -2.55. The van der Waals surface area contributed by atoms with Crippen LogP contribution in [0.5, 0.6) is 0 Å². The molecule has 0 aliphatic heterocycles. The van der Waals surface area contributed by atoms with Gasteiger partial charge in [0.2, 0.25) is 0 Å². The molecule has 0 aromatic heterocycles. The number of rotatable bonds is 7. The maximum atomic E-state index is 12.5. The number of sulfonamides is 1. The van der Waals surface area contributed by atoms with Gasteiger partial charge in [-0.25, -0.2) is 18.9 Å². The first kappa shape index (κ1) is 21.7. The Kier molecular flexibility index (Phi) is 6.38. The molecular weight excluding hydrogens is 404 g/mol. The molecule has 0 unspecified atom stereocenters. The third-order valence-electron chi connectivity index (χ3n) is 4.26. The van der Waals surface area contributed by atoms with E-state index in [0.717, 1.165) is 0 Å². The molecule has 1 amide bonds. The molecule has 2 rings (SSSR count). The van der Waals surface area contributed by atoms with E-state index in [1.54, 1.807) is 0 Å². The highest BCUT2D eigenvalue weighted by atomic mass is 35.5. The molecule has 7 nitrogen and oxygen atoms in total. The van der Waals surface area contributed by atoms with Gasteiger partial charge in [-0.3, -0.25) is 9.59 Å². The van der Waals surface area contributed by atoms with Gasteiger partial charge in [0.15, 0.2) is 5.78 Å². The van der Waals surface area contributed by atoms with Crippen molar-refractivity contribution in [3.05, 3.63) is 64.7 Å². The van der Waals surface area contributed by atoms with Crippen LogP contribution in [0.25, 0.3) is 0 Å². The Labute approximate surface area is 167 Å². The summed E-state index contributed by atoms with van der Waals surface area (Å²) in [6.45, 7) is 2.97. The molecule has 9 heteroatoms. The molecule has 1 radical (unpaired) electrons. The number of hydrogen-bond donors (Lipinski definition) is 1. The van der Waals surface area contributed by atoms with Gasteiger partial charge in [-0.1, -0.05) is 37.6 Å². The van der Waals surface area contributed by atoms with E-state index in [2.05, 4.69) is 0 Å². The predicted molar refractivity (Wildman–Crippen MR) is 104 cm³/mol. The van der Waals surface area contributed by atoms with Gasteiger partial charge in [0.25, 0.3) is 15.9 Å². The van der Waals surface area contributed by atoms with Crippen LogP contribution >= 0.6 is 11.6 Å². The highest BCUT2D eigenvalue weighted by Gasteiger charge is 2.35. The number of ketones is 1. The van der Waals surface area contributed by atoms with Crippen LogP contribution in [0.1, 0.15) is 34.6 Å². The molecule has 0 fully saturated rings. The van der Waals surface area contributed by atoms with E-state index in [0.29, 0.717) is 11.3 Å². The third-order valence-corrected chi connectivity index (χ3v) is 5.86. The lowest BCUT2D eigenvalue weighted by Gasteiger charge is -2.25. The number of carbonyl (C=O) groups is 3. The van der Waals surface area contributed by atoms with Gasteiger partial charge >= 0.3 is 0 Å². The van der Waals surface area contributed by atoms with E-state index >= 15 is 0 Å². The summed E-state index contributed by atoms with van der Waals surface area (Å²) in [5.74, 6) is -1.29. The summed E-state index contributed by atoms with van der Waals surface area (Å²) in [5.41, 5.74) is 6.69. The molecule has 0 heterocycles. The zero-order valence-electron chi connectivity index (χ0n) is 15.1. The zero-order valence-corrected chi connectivity index (χ0v) is 16.7. The second-order valence-electron chi connectivity index (χ2n) is 6.63. The molecule has 28 heavy (non-hydrogen) atoms. The maximum absolute atomic E-state index is 12.5. The third kappa shape index (κ3) is 4.64. The number of aldehydes is 1. The van der Waals surface area contributed by atoms with Crippen molar-refractivity contribution in [2.24, 2.45) is 5.41 Å². The second kappa shape index (κ2) is 8.22. The van der Waals surface area contributed by atoms with E-state index in [9.17, 15) is 22.8 Å². The van der Waals surface area contributed by atoms with Crippen molar-refractivity contribution in [1.82, 2.24) is 10.5 Å². The molecule has 0 bridgehead atoms. The van der Waals surface area contributed by atoms with Crippen molar-refractivity contribution in [3.63, 3.8) is 0 Å².